The molecule has 2 heterocycles. The number of aliphatic hydroxyl groups is 5. The van der Waals surface area contributed by atoms with Crippen molar-refractivity contribution < 1.29 is 35.1 Å². The second-order valence-corrected chi connectivity index (χ2v) is 6.33. The molecule has 1 saturated heterocycles. The first-order chi connectivity index (χ1) is 11.6. The molecule has 142 valence electrons. The van der Waals surface area contributed by atoms with Crippen LogP contribution in [0.1, 0.15) is 19.5 Å². The van der Waals surface area contributed by atoms with Gasteiger partial charge in [0.05, 0.1) is 13.2 Å². The first-order valence-corrected chi connectivity index (χ1v) is 7.45. The average molecular weight is 363 g/mol. The lowest BCUT2D eigenvalue weighted by Crippen LogP contribution is -2.62. The Kier molecular flexibility index (Phi) is 5.61. The second kappa shape index (κ2) is 7.19. The van der Waals surface area contributed by atoms with Gasteiger partial charge < -0.3 is 35.1 Å². The molecule has 1 aromatic heterocycles. The zero-order valence-electron chi connectivity index (χ0n) is 13.6. The molecule has 5 atom stereocenters. The lowest BCUT2D eigenvalue weighted by molar-refractivity contribution is -0.304. The van der Waals surface area contributed by atoms with E-state index < -0.39 is 60.6 Å². The Morgan fingerprint density at radius 2 is 1.84 bits per heavy atom. The van der Waals surface area contributed by atoms with Crippen molar-refractivity contribution in [1.82, 2.24) is 14.9 Å². The zero-order valence-corrected chi connectivity index (χ0v) is 13.6. The van der Waals surface area contributed by atoms with E-state index in [-0.39, 0.29) is 5.69 Å². The van der Waals surface area contributed by atoms with E-state index in [1.54, 1.807) is 0 Å². The molecule has 1 aliphatic heterocycles. The van der Waals surface area contributed by atoms with Crippen molar-refractivity contribution in [3.05, 3.63) is 26.5 Å². The molecule has 0 amide bonds. The maximum atomic E-state index is 11.9. The maximum Gasteiger partial charge on any atom is 0.379 e. The van der Waals surface area contributed by atoms with E-state index >= 15 is 0 Å². The topological polar surface area (TPSA) is 187 Å². The number of hydrogen-bond acceptors (Lipinski definition) is 10. The van der Waals surface area contributed by atoms with Crippen LogP contribution in [0.2, 0.25) is 0 Å². The van der Waals surface area contributed by atoms with Gasteiger partial charge in [0.25, 0.3) is 11.8 Å². The fourth-order valence-corrected chi connectivity index (χ4v) is 2.23. The van der Waals surface area contributed by atoms with Crippen LogP contribution < -0.4 is 16.1 Å². The summed E-state index contributed by atoms with van der Waals surface area (Å²) in [6.45, 7) is 1.89. The van der Waals surface area contributed by atoms with Crippen molar-refractivity contribution in [2.45, 2.75) is 50.0 Å². The largest absolute Gasteiger partial charge is 0.395 e. The van der Waals surface area contributed by atoms with Crippen LogP contribution in [0.3, 0.4) is 0 Å². The number of aromatic amines is 1. The number of H-pyrrole nitrogens is 1. The summed E-state index contributed by atoms with van der Waals surface area (Å²) in [4.78, 5) is 31.1. The third kappa shape index (κ3) is 3.73. The number of ether oxygens (including phenoxy) is 1. The predicted molar refractivity (Wildman–Crippen MR) is 79.6 cm³/mol. The summed E-state index contributed by atoms with van der Waals surface area (Å²) in [5.74, 6) is 0. The van der Waals surface area contributed by atoms with Crippen LogP contribution >= 0.6 is 0 Å². The molecule has 1 fully saturated rings. The van der Waals surface area contributed by atoms with E-state index in [2.05, 4.69) is 5.10 Å². The summed E-state index contributed by atoms with van der Waals surface area (Å²) in [7, 11) is 0. The van der Waals surface area contributed by atoms with Crippen molar-refractivity contribution in [1.29, 1.82) is 0 Å². The Morgan fingerprint density at radius 1 is 1.20 bits per heavy atom. The van der Waals surface area contributed by atoms with Gasteiger partial charge in [-0.2, -0.15) is 0 Å². The highest BCUT2D eigenvalue weighted by Gasteiger charge is 2.45. The minimum absolute atomic E-state index is 0.209. The highest BCUT2D eigenvalue weighted by Crippen LogP contribution is 2.20. The lowest BCUT2D eigenvalue weighted by Gasteiger charge is -2.38. The smallest absolute Gasteiger partial charge is 0.379 e. The van der Waals surface area contributed by atoms with Crippen LogP contribution in [-0.4, -0.2) is 84.4 Å². The van der Waals surface area contributed by atoms with E-state index in [0.717, 1.165) is 0 Å². The van der Waals surface area contributed by atoms with Gasteiger partial charge in [-0.05, 0) is 4.85 Å². The number of aromatic nitrogens is 3. The van der Waals surface area contributed by atoms with Gasteiger partial charge in [0, 0.05) is 5.41 Å². The zero-order chi connectivity index (χ0) is 18.9. The van der Waals surface area contributed by atoms with E-state index in [9.17, 15) is 30.0 Å². The number of aliphatic hydroxyl groups excluding tert-OH is 5. The molecule has 0 radical (unpaired) electrons. The van der Waals surface area contributed by atoms with Crippen molar-refractivity contribution >= 4 is 0 Å². The Hall–Kier alpha value is -1.83. The SMILES string of the molecule is CC(C)(CO)c1nn(O[C@@H]2O[C@H](CO)[C@@H](O)[C@H](O)[C@H]2O)c(=O)[nH]c1=O. The molecule has 6 N–H and O–H groups in total. The number of nitrogens with one attached hydrogen (secondary N) is 1. The summed E-state index contributed by atoms with van der Waals surface area (Å²) < 4.78 is 5.10. The number of nitrogens with zero attached hydrogens (tertiary/aromatic N) is 2. The van der Waals surface area contributed by atoms with Crippen molar-refractivity contribution in [2.75, 3.05) is 13.2 Å². The second-order valence-electron chi connectivity index (χ2n) is 6.33. The van der Waals surface area contributed by atoms with Crippen molar-refractivity contribution in [3.8, 4) is 0 Å². The number of hydrogen-bond donors (Lipinski definition) is 6. The molecule has 12 heteroatoms. The molecule has 25 heavy (non-hydrogen) atoms. The van der Waals surface area contributed by atoms with Crippen LogP contribution in [0.25, 0.3) is 0 Å². The quantitative estimate of drug-likeness (QED) is 0.297. The van der Waals surface area contributed by atoms with Gasteiger partial charge in [0.1, 0.15) is 30.1 Å². The summed E-state index contributed by atoms with van der Waals surface area (Å²) >= 11 is 0. The van der Waals surface area contributed by atoms with Gasteiger partial charge in [-0.15, -0.1) is 5.10 Å². The normalized spacial score (nSPS) is 30.3. The Labute approximate surface area is 140 Å². The van der Waals surface area contributed by atoms with E-state index in [1.165, 1.54) is 13.8 Å². The molecule has 0 aromatic carbocycles. The molecular formula is C13H21N3O9. The lowest BCUT2D eigenvalue weighted by atomic mass is 9.91. The van der Waals surface area contributed by atoms with Crippen LogP contribution in [-0.2, 0) is 10.2 Å². The monoisotopic (exact) mass is 363 g/mol. The molecular weight excluding hydrogens is 342 g/mol. The average Bonchev–Trinajstić information content (AvgIpc) is 2.57. The fourth-order valence-electron chi connectivity index (χ4n) is 2.23. The first kappa shape index (κ1) is 19.5. The van der Waals surface area contributed by atoms with Crippen LogP contribution in [0, 0.1) is 0 Å². The molecule has 0 spiro atoms. The standard InChI is InChI=1S/C13H21N3O9/c1-13(2,4-18)9-10(22)14-12(23)16(15-9)25-11-8(21)7(20)6(19)5(3-17)24-11/h5-8,11,17-21H,3-4H2,1-2H3,(H,14,22,23)/t5-,6-,7+,8-,11+/m1/s1. The highest BCUT2D eigenvalue weighted by atomic mass is 16.8. The first-order valence-electron chi connectivity index (χ1n) is 7.45. The van der Waals surface area contributed by atoms with Crippen molar-refractivity contribution in [3.63, 3.8) is 0 Å². The molecule has 1 aromatic rings. The van der Waals surface area contributed by atoms with Gasteiger partial charge in [-0.25, -0.2) is 4.79 Å². The summed E-state index contributed by atoms with van der Waals surface area (Å²) in [6.07, 6.45) is -7.95. The third-order valence-electron chi connectivity index (χ3n) is 3.89. The van der Waals surface area contributed by atoms with Crippen LogP contribution in [0.4, 0.5) is 0 Å². The molecule has 0 unspecified atom stereocenters. The molecule has 12 nitrogen and oxygen atoms in total. The maximum absolute atomic E-state index is 11.9. The summed E-state index contributed by atoms with van der Waals surface area (Å²) in [5, 5.41) is 51.5. The van der Waals surface area contributed by atoms with Crippen molar-refractivity contribution in [2.24, 2.45) is 0 Å². The van der Waals surface area contributed by atoms with Crippen LogP contribution in [0.15, 0.2) is 9.59 Å². The Balaban J connectivity index is 2.35. The summed E-state index contributed by atoms with van der Waals surface area (Å²) in [6, 6.07) is 0. The van der Waals surface area contributed by atoms with Gasteiger partial charge in [0.15, 0.2) is 0 Å². The Morgan fingerprint density at radius 3 is 2.40 bits per heavy atom. The molecule has 0 bridgehead atoms. The summed E-state index contributed by atoms with van der Waals surface area (Å²) in [5.41, 5.74) is -3.21. The third-order valence-corrected chi connectivity index (χ3v) is 3.89. The molecule has 0 aliphatic carbocycles. The molecule has 0 saturated carbocycles. The molecule has 1 aliphatic rings. The predicted octanol–water partition coefficient (Wildman–Crippen LogP) is -4.57. The van der Waals surface area contributed by atoms with Gasteiger partial charge in [-0.1, -0.05) is 13.8 Å². The van der Waals surface area contributed by atoms with Gasteiger partial charge in [0.2, 0.25) is 0 Å². The van der Waals surface area contributed by atoms with E-state index in [1.807, 2.05) is 4.98 Å². The van der Waals surface area contributed by atoms with Gasteiger partial charge >= 0.3 is 5.69 Å². The molecule has 2 rings (SSSR count). The Bertz CT molecular complexity index is 713. The van der Waals surface area contributed by atoms with Crippen LogP contribution in [0.5, 0.6) is 0 Å². The minimum atomic E-state index is -1.76. The minimum Gasteiger partial charge on any atom is -0.395 e. The van der Waals surface area contributed by atoms with Gasteiger partial charge in [-0.3, -0.25) is 9.78 Å². The van der Waals surface area contributed by atoms with E-state index in [0.29, 0.717) is 4.85 Å². The van der Waals surface area contributed by atoms with E-state index in [4.69, 9.17) is 14.7 Å². The highest BCUT2D eigenvalue weighted by molar-refractivity contribution is 5.08. The fraction of sp³-hybridized carbons (Fsp3) is 0.769. The number of rotatable bonds is 5.